The van der Waals surface area contributed by atoms with Crippen molar-refractivity contribution >= 4 is 11.9 Å². The van der Waals surface area contributed by atoms with Crippen molar-refractivity contribution in [1.29, 1.82) is 0 Å². The highest BCUT2D eigenvalue weighted by Crippen LogP contribution is 2.08. The molecule has 0 bridgehead atoms. The molecule has 1 unspecified atom stereocenters. The van der Waals surface area contributed by atoms with Gasteiger partial charge in [-0.05, 0) is 32.8 Å². The van der Waals surface area contributed by atoms with Gasteiger partial charge in [0.1, 0.15) is 0 Å². The Labute approximate surface area is 123 Å². The van der Waals surface area contributed by atoms with Crippen molar-refractivity contribution in [3.63, 3.8) is 0 Å². The summed E-state index contributed by atoms with van der Waals surface area (Å²) < 4.78 is 13.7. The highest BCUT2D eigenvalue weighted by atomic mass is 19.2. The van der Waals surface area contributed by atoms with Crippen LogP contribution in [0.5, 0.6) is 0 Å². The molecule has 1 aliphatic carbocycles. The number of nitrogens with one attached hydrogen (secondary N) is 1. The molecule has 2 N–H and O–H groups in total. The molecule has 21 heavy (non-hydrogen) atoms. The van der Waals surface area contributed by atoms with E-state index < -0.39 is 24.0 Å². The Hall–Kier alpha value is -1.95. The number of amides is 1. The summed E-state index contributed by atoms with van der Waals surface area (Å²) >= 11 is 0. The molecule has 0 saturated heterocycles. The van der Waals surface area contributed by atoms with Gasteiger partial charge < -0.3 is 10.4 Å². The van der Waals surface area contributed by atoms with E-state index in [-0.39, 0.29) is 11.7 Å². The molecule has 6 heteroatoms. The molecule has 0 radical (unpaired) electrons. The molecular weight excluding hydrogens is 275 g/mol. The smallest absolute Gasteiger partial charge is 0.325 e. The molecule has 1 aliphatic rings. The molecule has 0 heterocycles. The maximum Gasteiger partial charge on any atom is 0.325 e. The van der Waals surface area contributed by atoms with Crippen molar-refractivity contribution in [2.45, 2.75) is 38.8 Å². The Morgan fingerprint density at radius 2 is 2.10 bits per heavy atom. The number of carbonyl (C=O) groups is 2. The summed E-state index contributed by atoms with van der Waals surface area (Å²) in [5.74, 6) is -1.71. The molecule has 1 amide bonds. The third-order valence-electron chi connectivity index (χ3n) is 3.01. The number of carbonyl (C=O) groups excluding carboxylic acids is 1. The maximum absolute atomic E-state index is 13.7. The third kappa shape index (κ3) is 5.51. The summed E-state index contributed by atoms with van der Waals surface area (Å²) in [6.07, 6.45) is 10.6. The molecular formula is C15H21FN2O3. The number of halogens is 1. The van der Waals surface area contributed by atoms with E-state index in [9.17, 15) is 14.1 Å². The highest BCUT2D eigenvalue weighted by Gasteiger charge is 2.28. The van der Waals surface area contributed by atoms with Crippen molar-refractivity contribution in [1.82, 2.24) is 10.4 Å². The fourth-order valence-corrected chi connectivity index (χ4v) is 1.84. The van der Waals surface area contributed by atoms with Gasteiger partial charge in [0.25, 0.3) is 5.91 Å². The van der Waals surface area contributed by atoms with E-state index in [1.165, 1.54) is 0 Å². The number of hydrogen-bond acceptors (Lipinski definition) is 3. The lowest BCUT2D eigenvalue weighted by molar-refractivity contribution is -0.154. The summed E-state index contributed by atoms with van der Waals surface area (Å²) in [5.41, 5.74) is 0.457. The molecule has 116 valence electrons. The van der Waals surface area contributed by atoms with E-state index in [4.69, 9.17) is 5.11 Å². The molecule has 0 fully saturated rings. The largest absolute Gasteiger partial charge is 0.480 e. The second-order valence-electron chi connectivity index (χ2n) is 5.03. The topological polar surface area (TPSA) is 69.6 Å². The van der Waals surface area contributed by atoms with Crippen LogP contribution in [0.25, 0.3) is 0 Å². The molecule has 1 atom stereocenters. The Balaban J connectivity index is 2.65. The van der Waals surface area contributed by atoms with E-state index in [2.05, 4.69) is 5.32 Å². The third-order valence-corrected chi connectivity index (χ3v) is 3.01. The maximum atomic E-state index is 13.7. The molecule has 1 rings (SSSR count). The average molecular weight is 296 g/mol. The predicted octanol–water partition coefficient (Wildman–Crippen LogP) is 1.98. The lowest BCUT2D eigenvalue weighted by Gasteiger charge is -2.23. The minimum atomic E-state index is -1.40. The number of rotatable bonds is 6. The van der Waals surface area contributed by atoms with Crippen LogP contribution in [0, 0.1) is 0 Å². The summed E-state index contributed by atoms with van der Waals surface area (Å²) in [6.45, 7) is 2.80. The summed E-state index contributed by atoms with van der Waals surface area (Å²) in [5, 5.41) is 11.7. The lowest BCUT2D eigenvalue weighted by atomic mass is 10.1. The summed E-state index contributed by atoms with van der Waals surface area (Å²) in [4.78, 5) is 23.1. The van der Waals surface area contributed by atoms with Gasteiger partial charge in [-0.3, -0.25) is 9.59 Å². The van der Waals surface area contributed by atoms with Crippen molar-refractivity contribution in [2.75, 3.05) is 6.54 Å². The van der Waals surface area contributed by atoms with Crippen molar-refractivity contribution in [2.24, 2.45) is 0 Å². The quantitative estimate of drug-likeness (QED) is 0.735. The predicted molar refractivity (Wildman–Crippen MR) is 78.1 cm³/mol. The number of carboxylic acids is 1. The Bertz CT molecular complexity index is 470. The van der Waals surface area contributed by atoms with Gasteiger partial charge in [0, 0.05) is 18.2 Å². The van der Waals surface area contributed by atoms with Gasteiger partial charge in [-0.25, -0.2) is 0 Å². The number of hydrogen-bond donors (Lipinski definition) is 2. The SMILES string of the molecule is CC(C)N(F)C(CNC(=O)C1=C/CC/C=C/C=C\1)C(=O)O. The molecule has 0 aromatic rings. The minimum absolute atomic E-state index is 0.230. The van der Waals surface area contributed by atoms with Gasteiger partial charge in [-0.2, -0.15) is 0 Å². The Kier molecular flexibility index (Phi) is 6.81. The van der Waals surface area contributed by atoms with Crippen molar-refractivity contribution in [3.8, 4) is 0 Å². The van der Waals surface area contributed by atoms with Gasteiger partial charge in [0.2, 0.25) is 0 Å². The Morgan fingerprint density at radius 1 is 1.38 bits per heavy atom. The van der Waals surface area contributed by atoms with Crippen LogP contribution in [-0.2, 0) is 9.59 Å². The number of aliphatic carboxylic acids is 1. The highest BCUT2D eigenvalue weighted by molar-refractivity contribution is 5.96. The van der Waals surface area contributed by atoms with E-state index in [1.807, 2.05) is 12.2 Å². The normalized spacial score (nSPS) is 21.9. The first-order valence-electron chi connectivity index (χ1n) is 6.92. The fourth-order valence-electron chi connectivity index (χ4n) is 1.84. The van der Waals surface area contributed by atoms with E-state index in [1.54, 1.807) is 32.1 Å². The van der Waals surface area contributed by atoms with Gasteiger partial charge in [0.15, 0.2) is 6.04 Å². The van der Waals surface area contributed by atoms with Crippen LogP contribution in [-0.4, -0.2) is 40.7 Å². The minimum Gasteiger partial charge on any atom is -0.480 e. The first kappa shape index (κ1) is 17.1. The Morgan fingerprint density at radius 3 is 2.71 bits per heavy atom. The molecule has 0 spiro atoms. The molecule has 5 nitrogen and oxygen atoms in total. The van der Waals surface area contributed by atoms with Crippen LogP contribution in [0.1, 0.15) is 26.7 Å². The monoisotopic (exact) mass is 296 g/mol. The lowest BCUT2D eigenvalue weighted by Crippen LogP contribution is -2.47. The van der Waals surface area contributed by atoms with Crippen LogP contribution >= 0.6 is 0 Å². The standard InChI is InChI=1S/C15H21FN2O3/c1-11(2)18(16)13(15(20)21)10-17-14(19)12-8-6-4-3-5-7-9-12/h3-4,6,8-9,11,13H,5,7,10H2,1-2H3,(H,17,19)(H,20,21)/b4-3+,8-6-,12-9+. The molecule has 0 aromatic heterocycles. The van der Waals surface area contributed by atoms with E-state index >= 15 is 0 Å². The van der Waals surface area contributed by atoms with Crippen molar-refractivity contribution in [3.05, 3.63) is 36.0 Å². The zero-order valence-corrected chi connectivity index (χ0v) is 12.3. The van der Waals surface area contributed by atoms with E-state index in [0.29, 0.717) is 5.57 Å². The number of nitrogens with zero attached hydrogens (tertiary/aromatic N) is 1. The van der Waals surface area contributed by atoms with Crippen molar-refractivity contribution < 1.29 is 19.2 Å². The zero-order chi connectivity index (χ0) is 15.8. The van der Waals surface area contributed by atoms with Crippen LogP contribution in [0.2, 0.25) is 0 Å². The zero-order valence-electron chi connectivity index (χ0n) is 12.3. The van der Waals surface area contributed by atoms with Gasteiger partial charge >= 0.3 is 5.97 Å². The second-order valence-corrected chi connectivity index (χ2v) is 5.03. The van der Waals surface area contributed by atoms with Gasteiger partial charge in [-0.1, -0.05) is 24.3 Å². The average Bonchev–Trinajstić information content (AvgIpc) is 2.37. The molecule has 0 aromatic carbocycles. The molecule has 0 saturated carbocycles. The fraction of sp³-hybridized carbons (Fsp3) is 0.467. The van der Waals surface area contributed by atoms with Gasteiger partial charge in [-0.15, -0.1) is 9.60 Å². The van der Waals surface area contributed by atoms with E-state index in [0.717, 1.165) is 12.8 Å². The first-order valence-corrected chi connectivity index (χ1v) is 6.92. The van der Waals surface area contributed by atoms with Gasteiger partial charge in [0.05, 0.1) is 0 Å². The summed E-state index contributed by atoms with van der Waals surface area (Å²) in [6, 6.07) is -1.97. The second kappa shape index (κ2) is 8.36. The van der Waals surface area contributed by atoms with Crippen LogP contribution in [0.15, 0.2) is 36.0 Å². The van der Waals surface area contributed by atoms with Crippen LogP contribution < -0.4 is 5.32 Å². The first-order chi connectivity index (χ1) is 9.93. The summed E-state index contributed by atoms with van der Waals surface area (Å²) in [7, 11) is 0. The number of allylic oxidation sites excluding steroid dienone is 4. The van der Waals surface area contributed by atoms with Crippen LogP contribution in [0.4, 0.5) is 4.48 Å². The number of carboxylic acid groups (broad SMARTS) is 1. The molecule has 0 aliphatic heterocycles. The van der Waals surface area contributed by atoms with Crippen LogP contribution in [0.3, 0.4) is 0 Å².